The lowest BCUT2D eigenvalue weighted by atomic mass is 9.74. The Balaban J connectivity index is 2.50. The third-order valence-corrected chi connectivity index (χ3v) is 3.83. The van der Waals surface area contributed by atoms with Gasteiger partial charge in [-0.2, -0.15) is 13.2 Å². The van der Waals surface area contributed by atoms with Gasteiger partial charge in [0.15, 0.2) is 0 Å². The van der Waals surface area contributed by atoms with Crippen LogP contribution in [0.15, 0.2) is 18.5 Å². The monoisotopic (exact) mass is 274 g/mol. The van der Waals surface area contributed by atoms with E-state index in [4.69, 9.17) is 0 Å². The first-order valence-corrected chi connectivity index (χ1v) is 6.34. The summed E-state index contributed by atoms with van der Waals surface area (Å²) >= 11 is 0. The number of aromatic nitrogens is 1. The van der Waals surface area contributed by atoms with E-state index in [0.29, 0.717) is 19.5 Å². The molecule has 0 amide bonds. The van der Waals surface area contributed by atoms with Crippen LogP contribution in [-0.4, -0.2) is 23.2 Å². The molecule has 2 heterocycles. The van der Waals surface area contributed by atoms with Crippen LogP contribution in [0.5, 0.6) is 0 Å². The maximum atomic E-state index is 13.0. The Labute approximate surface area is 109 Å². The van der Waals surface area contributed by atoms with E-state index < -0.39 is 17.3 Å². The van der Waals surface area contributed by atoms with Crippen LogP contribution in [0.1, 0.15) is 30.9 Å². The fraction of sp³-hybridized carbons (Fsp3) is 0.615. The van der Waals surface area contributed by atoms with Crippen molar-refractivity contribution in [3.8, 4) is 0 Å². The molecule has 0 aromatic carbocycles. The lowest BCUT2D eigenvalue weighted by Crippen LogP contribution is -2.48. The van der Waals surface area contributed by atoms with Crippen molar-refractivity contribution in [3.63, 3.8) is 0 Å². The van der Waals surface area contributed by atoms with E-state index in [2.05, 4.69) is 10.3 Å². The summed E-state index contributed by atoms with van der Waals surface area (Å²) in [5.41, 5.74) is -2.35. The zero-order chi connectivity index (χ0) is 14.1. The van der Waals surface area contributed by atoms with Crippen LogP contribution in [0.4, 0.5) is 13.2 Å². The summed E-state index contributed by atoms with van der Waals surface area (Å²) < 4.78 is 39.1. The smallest absolute Gasteiger partial charge is 0.385 e. The summed E-state index contributed by atoms with van der Waals surface area (Å²) in [6.07, 6.45) is -1.35. The van der Waals surface area contributed by atoms with Crippen molar-refractivity contribution in [3.05, 3.63) is 29.6 Å². The van der Waals surface area contributed by atoms with Crippen molar-refractivity contribution < 1.29 is 18.3 Å². The number of halogens is 3. The second-order valence-electron chi connectivity index (χ2n) is 4.90. The summed E-state index contributed by atoms with van der Waals surface area (Å²) in [5.74, 6) is -0.244. The van der Waals surface area contributed by atoms with E-state index in [1.54, 1.807) is 0 Å². The summed E-state index contributed by atoms with van der Waals surface area (Å²) in [6, 6.07) is 0.933. The molecule has 6 heteroatoms. The number of piperidine rings is 1. The van der Waals surface area contributed by atoms with Gasteiger partial charge in [-0.25, -0.2) is 0 Å². The van der Waals surface area contributed by atoms with Crippen molar-refractivity contribution in [2.24, 2.45) is 5.92 Å². The largest absolute Gasteiger partial charge is 0.416 e. The topological polar surface area (TPSA) is 45.1 Å². The first-order valence-electron chi connectivity index (χ1n) is 6.34. The van der Waals surface area contributed by atoms with Gasteiger partial charge in [0.1, 0.15) is 0 Å². The van der Waals surface area contributed by atoms with Gasteiger partial charge < -0.3 is 10.4 Å². The van der Waals surface area contributed by atoms with Crippen molar-refractivity contribution in [2.75, 3.05) is 13.1 Å². The molecule has 3 nitrogen and oxygen atoms in total. The molecule has 0 radical (unpaired) electrons. The molecule has 2 atom stereocenters. The zero-order valence-corrected chi connectivity index (χ0v) is 10.7. The second-order valence-corrected chi connectivity index (χ2v) is 4.90. The average Bonchev–Trinajstić information content (AvgIpc) is 2.38. The number of rotatable bonds is 2. The van der Waals surface area contributed by atoms with E-state index >= 15 is 0 Å². The predicted octanol–water partition coefficient (Wildman–Crippen LogP) is 2.31. The fourth-order valence-electron chi connectivity index (χ4n) is 2.75. The molecular formula is C13H17F3N2O. The summed E-state index contributed by atoms with van der Waals surface area (Å²) in [5, 5.41) is 13.9. The summed E-state index contributed by atoms with van der Waals surface area (Å²) in [6.45, 7) is 2.88. The molecular weight excluding hydrogens is 257 g/mol. The number of nitrogens with zero attached hydrogens (tertiary/aromatic N) is 1. The van der Waals surface area contributed by atoms with Crippen molar-refractivity contribution in [1.82, 2.24) is 10.3 Å². The molecule has 0 bridgehead atoms. The van der Waals surface area contributed by atoms with Crippen LogP contribution >= 0.6 is 0 Å². The maximum Gasteiger partial charge on any atom is 0.416 e. The highest BCUT2D eigenvalue weighted by molar-refractivity contribution is 5.33. The fourth-order valence-corrected chi connectivity index (χ4v) is 2.75. The first kappa shape index (κ1) is 14.3. The highest BCUT2D eigenvalue weighted by Gasteiger charge is 2.45. The molecule has 106 valence electrons. The minimum absolute atomic E-state index is 0.101. The van der Waals surface area contributed by atoms with Crippen LogP contribution in [0.2, 0.25) is 0 Å². The zero-order valence-electron chi connectivity index (χ0n) is 10.7. The minimum atomic E-state index is -4.48. The van der Waals surface area contributed by atoms with Crippen LogP contribution in [0, 0.1) is 5.92 Å². The molecule has 1 aromatic heterocycles. The third kappa shape index (κ3) is 2.60. The van der Waals surface area contributed by atoms with Crippen LogP contribution in [0.3, 0.4) is 0 Å². The first-order chi connectivity index (χ1) is 8.89. The Kier molecular flexibility index (Phi) is 3.82. The van der Waals surface area contributed by atoms with Gasteiger partial charge in [0.2, 0.25) is 0 Å². The van der Waals surface area contributed by atoms with Gasteiger partial charge in [-0.05, 0) is 25.5 Å². The Morgan fingerprint density at radius 1 is 1.53 bits per heavy atom. The summed E-state index contributed by atoms with van der Waals surface area (Å²) in [7, 11) is 0. The number of hydrogen-bond donors (Lipinski definition) is 2. The molecule has 1 fully saturated rings. The maximum absolute atomic E-state index is 13.0. The van der Waals surface area contributed by atoms with E-state index in [9.17, 15) is 18.3 Å². The highest BCUT2D eigenvalue weighted by Crippen LogP contribution is 2.42. The molecule has 0 spiro atoms. The van der Waals surface area contributed by atoms with Crippen LogP contribution < -0.4 is 5.32 Å². The Bertz CT molecular complexity index is 450. The molecule has 1 aliphatic rings. The molecule has 1 saturated heterocycles. The van der Waals surface area contributed by atoms with Crippen molar-refractivity contribution in [2.45, 2.75) is 31.5 Å². The van der Waals surface area contributed by atoms with Crippen molar-refractivity contribution in [1.29, 1.82) is 0 Å². The number of pyridine rings is 1. The van der Waals surface area contributed by atoms with Crippen molar-refractivity contribution >= 4 is 0 Å². The molecule has 0 aliphatic carbocycles. The van der Waals surface area contributed by atoms with Gasteiger partial charge in [0.05, 0.1) is 11.2 Å². The lowest BCUT2D eigenvalue weighted by molar-refractivity contribution is -0.143. The quantitative estimate of drug-likeness (QED) is 0.870. The number of nitrogens with one attached hydrogen (secondary N) is 1. The molecule has 0 saturated carbocycles. The Morgan fingerprint density at radius 2 is 2.26 bits per heavy atom. The molecule has 2 N–H and O–H groups in total. The molecule has 19 heavy (non-hydrogen) atoms. The SMILES string of the molecule is CCC1CNCCC1(O)c1cnccc1C(F)(F)F. The lowest BCUT2D eigenvalue weighted by Gasteiger charge is -2.41. The van der Waals surface area contributed by atoms with Gasteiger partial charge in [-0.15, -0.1) is 0 Å². The minimum Gasteiger partial charge on any atom is -0.385 e. The van der Waals surface area contributed by atoms with E-state index in [1.165, 1.54) is 0 Å². The molecule has 1 aliphatic heterocycles. The van der Waals surface area contributed by atoms with E-state index in [-0.39, 0.29) is 17.9 Å². The standard InChI is InChI=1S/C13H17F3N2O/c1-2-9-7-18-6-4-12(9,19)11-8-17-5-3-10(11)13(14,15)16/h3,5,8-9,18-19H,2,4,6-7H2,1H3. The van der Waals surface area contributed by atoms with Gasteiger partial charge in [0, 0.05) is 30.4 Å². The number of aliphatic hydroxyl groups is 1. The third-order valence-electron chi connectivity index (χ3n) is 3.83. The molecule has 2 unspecified atom stereocenters. The normalized spacial score (nSPS) is 28.4. The Hall–Kier alpha value is -1.14. The van der Waals surface area contributed by atoms with Crippen LogP contribution in [0.25, 0.3) is 0 Å². The van der Waals surface area contributed by atoms with E-state index in [1.807, 2.05) is 6.92 Å². The van der Waals surface area contributed by atoms with Crippen LogP contribution in [-0.2, 0) is 11.8 Å². The van der Waals surface area contributed by atoms with Gasteiger partial charge in [-0.1, -0.05) is 6.92 Å². The predicted molar refractivity (Wildman–Crippen MR) is 64.4 cm³/mol. The molecule has 2 rings (SSSR count). The van der Waals surface area contributed by atoms with Gasteiger partial charge >= 0.3 is 6.18 Å². The number of alkyl halides is 3. The van der Waals surface area contributed by atoms with Gasteiger partial charge in [-0.3, -0.25) is 4.98 Å². The van der Waals surface area contributed by atoms with Gasteiger partial charge in [0.25, 0.3) is 0 Å². The van der Waals surface area contributed by atoms with E-state index in [0.717, 1.165) is 18.5 Å². The second kappa shape index (κ2) is 5.09. The summed E-state index contributed by atoms with van der Waals surface area (Å²) in [4.78, 5) is 3.77. The Morgan fingerprint density at radius 3 is 2.89 bits per heavy atom. The molecule has 1 aromatic rings. The average molecular weight is 274 g/mol. The highest BCUT2D eigenvalue weighted by atomic mass is 19.4. The number of hydrogen-bond acceptors (Lipinski definition) is 3.